The van der Waals surface area contributed by atoms with Gasteiger partial charge in [-0.3, -0.25) is 0 Å². The average Bonchev–Trinajstić information content (AvgIpc) is 2.99. The van der Waals surface area contributed by atoms with Gasteiger partial charge in [-0.1, -0.05) is 6.07 Å². The van der Waals surface area contributed by atoms with Crippen LogP contribution in [-0.2, 0) is 12.8 Å². The first-order chi connectivity index (χ1) is 8.83. The molecular formula is C15H16FNO. The number of hydrogen-bond donors (Lipinski definition) is 1. The van der Waals surface area contributed by atoms with Gasteiger partial charge in [-0.25, -0.2) is 4.39 Å². The Labute approximate surface area is 106 Å². The predicted molar refractivity (Wildman–Crippen MR) is 67.9 cm³/mol. The number of aryl methyl sites for hydroxylation is 1. The van der Waals surface area contributed by atoms with Gasteiger partial charge >= 0.3 is 0 Å². The zero-order chi connectivity index (χ0) is 12.4. The molecule has 0 bridgehead atoms. The molecule has 1 aliphatic rings. The van der Waals surface area contributed by atoms with Crippen LogP contribution in [0.1, 0.15) is 29.3 Å². The first-order valence-corrected chi connectivity index (χ1v) is 6.37. The molecule has 1 unspecified atom stereocenters. The van der Waals surface area contributed by atoms with Gasteiger partial charge in [0.05, 0.1) is 6.26 Å². The Hall–Kier alpha value is -1.61. The lowest BCUT2D eigenvalue weighted by Gasteiger charge is -2.13. The Kier molecular flexibility index (Phi) is 3.15. The van der Waals surface area contributed by atoms with Gasteiger partial charge in [0.25, 0.3) is 0 Å². The van der Waals surface area contributed by atoms with E-state index in [0.29, 0.717) is 6.04 Å². The molecule has 0 spiro atoms. The summed E-state index contributed by atoms with van der Waals surface area (Å²) in [7, 11) is 0. The SMILES string of the molecule is Fc1ccc2c(c1)CCC2NCCc1ccco1. The second-order valence-corrected chi connectivity index (χ2v) is 4.72. The molecule has 1 heterocycles. The van der Waals surface area contributed by atoms with Crippen molar-refractivity contribution in [2.24, 2.45) is 0 Å². The van der Waals surface area contributed by atoms with Gasteiger partial charge in [0.2, 0.25) is 0 Å². The summed E-state index contributed by atoms with van der Waals surface area (Å²) in [5, 5.41) is 3.51. The number of hydrogen-bond acceptors (Lipinski definition) is 2. The molecule has 1 aliphatic carbocycles. The molecular weight excluding hydrogens is 229 g/mol. The van der Waals surface area contributed by atoms with Crippen LogP contribution >= 0.6 is 0 Å². The van der Waals surface area contributed by atoms with Crippen LogP contribution in [0.2, 0.25) is 0 Å². The third-order valence-electron chi connectivity index (χ3n) is 3.53. The summed E-state index contributed by atoms with van der Waals surface area (Å²) in [6, 6.07) is 9.36. The standard InChI is InChI=1S/C15H16FNO/c16-12-4-5-14-11(10-12)3-6-15(14)17-8-7-13-2-1-9-18-13/h1-2,4-5,9-10,15,17H,3,6-8H2. The van der Waals surface area contributed by atoms with E-state index in [4.69, 9.17) is 4.42 Å². The second kappa shape index (κ2) is 4.94. The van der Waals surface area contributed by atoms with Crippen molar-refractivity contribution in [3.63, 3.8) is 0 Å². The van der Waals surface area contributed by atoms with Gasteiger partial charge in [0.1, 0.15) is 11.6 Å². The van der Waals surface area contributed by atoms with Crippen molar-refractivity contribution >= 4 is 0 Å². The summed E-state index contributed by atoms with van der Waals surface area (Å²) in [6.45, 7) is 0.884. The van der Waals surface area contributed by atoms with Crippen LogP contribution < -0.4 is 5.32 Å². The Bertz CT molecular complexity index is 521. The summed E-state index contributed by atoms with van der Waals surface area (Å²) in [5.74, 6) is 0.866. The minimum Gasteiger partial charge on any atom is -0.469 e. The highest BCUT2D eigenvalue weighted by Crippen LogP contribution is 2.31. The minimum atomic E-state index is -0.134. The first-order valence-electron chi connectivity index (χ1n) is 6.37. The van der Waals surface area contributed by atoms with Crippen LogP contribution in [0.15, 0.2) is 41.0 Å². The molecule has 0 aliphatic heterocycles. The summed E-state index contributed by atoms with van der Waals surface area (Å²) in [6.07, 6.45) is 4.60. The predicted octanol–water partition coefficient (Wildman–Crippen LogP) is 3.24. The molecule has 0 radical (unpaired) electrons. The first kappa shape index (κ1) is 11.5. The summed E-state index contributed by atoms with van der Waals surface area (Å²) in [5.41, 5.74) is 2.39. The average molecular weight is 245 g/mol. The van der Waals surface area contributed by atoms with Gasteiger partial charge in [-0.2, -0.15) is 0 Å². The molecule has 94 valence electrons. The lowest BCUT2D eigenvalue weighted by atomic mass is 10.1. The summed E-state index contributed by atoms with van der Waals surface area (Å²) < 4.78 is 18.4. The van der Waals surface area contributed by atoms with Gasteiger partial charge in [-0.05, 0) is 48.2 Å². The van der Waals surface area contributed by atoms with Crippen LogP contribution in [0.3, 0.4) is 0 Å². The van der Waals surface area contributed by atoms with E-state index < -0.39 is 0 Å². The van der Waals surface area contributed by atoms with Gasteiger partial charge in [-0.15, -0.1) is 0 Å². The van der Waals surface area contributed by atoms with Crippen LogP contribution in [0.5, 0.6) is 0 Å². The number of nitrogens with one attached hydrogen (secondary N) is 1. The summed E-state index contributed by atoms with van der Waals surface area (Å²) in [4.78, 5) is 0. The Morgan fingerprint density at radius 1 is 1.33 bits per heavy atom. The largest absolute Gasteiger partial charge is 0.469 e. The zero-order valence-electron chi connectivity index (χ0n) is 10.2. The third-order valence-corrected chi connectivity index (χ3v) is 3.53. The highest BCUT2D eigenvalue weighted by Gasteiger charge is 2.21. The molecule has 1 aromatic carbocycles. The van der Waals surface area contributed by atoms with E-state index in [2.05, 4.69) is 5.32 Å². The fraction of sp³-hybridized carbons (Fsp3) is 0.333. The molecule has 0 saturated carbocycles. The Morgan fingerprint density at radius 3 is 3.11 bits per heavy atom. The fourth-order valence-electron chi connectivity index (χ4n) is 2.62. The maximum absolute atomic E-state index is 13.1. The van der Waals surface area contributed by atoms with Crippen LogP contribution in [0, 0.1) is 5.82 Å². The van der Waals surface area contributed by atoms with E-state index in [-0.39, 0.29) is 5.82 Å². The molecule has 0 saturated heterocycles. The number of rotatable bonds is 4. The van der Waals surface area contributed by atoms with Crippen molar-refractivity contribution in [3.8, 4) is 0 Å². The van der Waals surface area contributed by atoms with Crippen molar-refractivity contribution in [3.05, 3.63) is 59.3 Å². The summed E-state index contributed by atoms with van der Waals surface area (Å²) >= 11 is 0. The van der Waals surface area contributed by atoms with Crippen molar-refractivity contribution in [1.29, 1.82) is 0 Å². The van der Waals surface area contributed by atoms with Crippen molar-refractivity contribution in [1.82, 2.24) is 5.32 Å². The maximum atomic E-state index is 13.1. The molecule has 1 N–H and O–H groups in total. The second-order valence-electron chi connectivity index (χ2n) is 4.72. The number of furan rings is 1. The van der Waals surface area contributed by atoms with E-state index in [1.54, 1.807) is 18.4 Å². The Morgan fingerprint density at radius 2 is 2.28 bits per heavy atom. The van der Waals surface area contributed by atoms with Gasteiger partial charge < -0.3 is 9.73 Å². The zero-order valence-corrected chi connectivity index (χ0v) is 10.2. The fourth-order valence-corrected chi connectivity index (χ4v) is 2.62. The number of benzene rings is 1. The topological polar surface area (TPSA) is 25.2 Å². The van der Waals surface area contributed by atoms with Crippen molar-refractivity contribution in [2.75, 3.05) is 6.54 Å². The van der Waals surface area contributed by atoms with Crippen LogP contribution in [-0.4, -0.2) is 6.54 Å². The van der Waals surface area contributed by atoms with Crippen LogP contribution in [0.4, 0.5) is 4.39 Å². The highest BCUT2D eigenvalue weighted by atomic mass is 19.1. The van der Waals surface area contributed by atoms with E-state index in [1.807, 2.05) is 18.2 Å². The maximum Gasteiger partial charge on any atom is 0.123 e. The van der Waals surface area contributed by atoms with Crippen LogP contribution in [0.25, 0.3) is 0 Å². The molecule has 18 heavy (non-hydrogen) atoms. The monoisotopic (exact) mass is 245 g/mol. The lowest BCUT2D eigenvalue weighted by molar-refractivity contribution is 0.476. The van der Waals surface area contributed by atoms with E-state index >= 15 is 0 Å². The smallest absolute Gasteiger partial charge is 0.123 e. The van der Waals surface area contributed by atoms with Crippen molar-refractivity contribution < 1.29 is 8.81 Å². The molecule has 3 rings (SSSR count). The van der Waals surface area contributed by atoms with Crippen molar-refractivity contribution in [2.45, 2.75) is 25.3 Å². The quantitative estimate of drug-likeness (QED) is 0.894. The molecule has 1 aromatic heterocycles. The molecule has 0 fully saturated rings. The normalized spacial score (nSPS) is 17.9. The molecule has 1 atom stereocenters. The van der Waals surface area contributed by atoms with E-state index in [1.165, 1.54) is 5.56 Å². The lowest BCUT2D eigenvalue weighted by Crippen LogP contribution is -2.21. The molecule has 3 heteroatoms. The van der Waals surface area contributed by atoms with Gasteiger partial charge in [0.15, 0.2) is 0 Å². The Balaban J connectivity index is 1.59. The molecule has 0 amide bonds. The molecule has 2 nitrogen and oxygen atoms in total. The van der Waals surface area contributed by atoms with Gasteiger partial charge in [0, 0.05) is 19.0 Å². The van der Waals surface area contributed by atoms with E-state index in [9.17, 15) is 4.39 Å². The number of halogens is 1. The highest BCUT2D eigenvalue weighted by molar-refractivity contribution is 5.34. The minimum absolute atomic E-state index is 0.134. The third kappa shape index (κ3) is 2.31. The number of fused-ring (bicyclic) bond motifs is 1. The molecule has 2 aromatic rings. The van der Waals surface area contributed by atoms with E-state index in [0.717, 1.165) is 37.1 Å².